The standard InChI is InChI=1S/C10H18/c1-3-6-9(2)10-7-4-5-8-10/h7,9H,3-6,8H2,1-2H3. The maximum atomic E-state index is 2.44. The normalized spacial score (nSPS) is 20.8. The van der Waals surface area contributed by atoms with Crippen LogP contribution in [0.5, 0.6) is 0 Å². The summed E-state index contributed by atoms with van der Waals surface area (Å²) in [7, 11) is 0. The average Bonchev–Trinajstić information content (AvgIpc) is 2.38. The van der Waals surface area contributed by atoms with Crippen LogP contribution in [0.25, 0.3) is 0 Å². The SMILES string of the molecule is CCCC(C)C1=CCCC1. The van der Waals surface area contributed by atoms with Gasteiger partial charge in [-0.05, 0) is 31.6 Å². The van der Waals surface area contributed by atoms with E-state index < -0.39 is 0 Å². The Bertz CT molecular complexity index is 122. The molecule has 1 aliphatic rings. The van der Waals surface area contributed by atoms with E-state index in [2.05, 4.69) is 19.9 Å². The zero-order chi connectivity index (χ0) is 7.40. The maximum absolute atomic E-state index is 2.44. The lowest BCUT2D eigenvalue weighted by Gasteiger charge is -2.10. The van der Waals surface area contributed by atoms with Crippen molar-refractivity contribution in [2.24, 2.45) is 5.92 Å². The van der Waals surface area contributed by atoms with E-state index in [0.717, 1.165) is 5.92 Å². The van der Waals surface area contributed by atoms with Gasteiger partial charge < -0.3 is 0 Å². The molecule has 58 valence electrons. The van der Waals surface area contributed by atoms with Crippen molar-refractivity contribution in [3.8, 4) is 0 Å². The Morgan fingerprint density at radius 3 is 2.90 bits per heavy atom. The predicted octanol–water partition coefficient (Wildman–Crippen LogP) is 3.53. The van der Waals surface area contributed by atoms with Crippen molar-refractivity contribution in [3.05, 3.63) is 11.6 Å². The number of rotatable bonds is 3. The van der Waals surface area contributed by atoms with Gasteiger partial charge in [0.2, 0.25) is 0 Å². The smallest absolute Gasteiger partial charge is 0.0232 e. The van der Waals surface area contributed by atoms with Gasteiger partial charge in [0, 0.05) is 0 Å². The van der Waals surface area contributed by atoms with Gasteiger partial charge in [-0.3, -0.25) is 0 Å². The second-order valence-electron chi connectivity index (χ2n) is 3.36. The van der Waals surface area contributed by atoms with E-state index in [1.807, 2.05) is 0 Å². The van der Waals surface area contributed by atoms with Crippen LogP contribution in [-0.2, 0) is 0 Å². The molecule has 0 aromatic rings. The second kappa shape index (κ2) is 3.80. The highest BCUT2D eigenvalue weighted by Crippen LogP contribution is 2.27. The molecule has 0 spiro atoms. The van der Waals surface area contributed by atoms with E-state index >= 15 is 0 Å². The molecule has 0 bridgehead atoms. The number of hydrogen-bond acceptors (Lipinski definition) is 0. The summed E-state index contributed by atoms with van der Waals surface area (Å²) in [6, 6.07) is 0. The van der Waals surface area contributed by atoms with Crippen molar-refractivity contribution in [2.45, 2.75) is 46.0 Å². The molecular weight excluding hydrogens is 120 g/mol. The molecule has 10 heavy (non-hydrogen) atoms. The van der Waals surface area contributed by atoms with Crippen molar-refractivity contribution in [2.75, 3.05) is 0 Å². The van der Waals surface area contributed by atoms with Gasteiger partial charge >= 0.3 is 0 Å². The Kier molecular flexibility index (Phi) is 2.98. The first-order valence-electron chi connectivity index (χ1n) is 4.53. The lowest BCUT2D eigenvalue weighted by atomic mass is 9.96. The Labute approximate surface area is 64.3 Å². The van der Waals surface area contributed by atoms with Gasteiger partial charge in [0.1, 0.15) is 0 Å². The summed E-state index contributed by atoms with van der Waals surface area (Å²) < 4.78 is 0. The predicted molar refractivity (Wildman–Crippen MR) is 46.0 cm³/mol. The third-order valence-corrected chi connectivity index (χ3v) is 2.43. The van der Waals surface area contributed by atoms with Gasteiger partial charge in [0.05, 0.1) is 0 Å². The van der Waals surface area contributed by atoms with Crippen LogP contribution in [0.3, 0.4) is 0 Å². The van der Waals surface area contributed by atoms with E-state index in [1.54, 1.807) is 5.57 Å². The van der Waals surface area contributed by atoms with Crippen molar-refractivity contribution >= 4 is 0 Å². The number of hydrogen-bond donors (Lipinski definition) is 0. The molecule has 0 amide bonds. The largest absolute Gasteiger partial charge is 0.0851 e. The molecule has 1 rings (SSSR count). The van der Waals surface area contributed by atoms with E-state index in [1.165, 1.54) is 32.1 Å². The highest BCUT2D eigenvalue weighted by Gasteiger charge is 2.10. The monoisotopic (exact) mass is 138 g/mol. The van der Waals surface area contributed by atoms with Gasteiger partial charge in [-0.2, -0.15) is 0 Å². The molecular formula is C10H18. The van der Waals surface area contributed by atoms with Gasteiger partial charge in [-0.15, -0.1) is 0 Å². The fraction of sp³-hybridized carbons (Fsp3) is 0.800. The second-order valence-corrected chi connectivity index (χ2v) is 3.36. The van der Waals surface area contributed by atoms with Crippen LogP contribution < -0.4 is 0 Å². The zero-order valence-electron chi connectivity index (χ0n) is 7.19. The lowest BCUT2D eigenvalue weighted by molar-refractivity contribution is 0.586. The molecule has 0 fully saturated rings. The van der Waals surface area contributed by atoms with Crippen LogP contribution in [0.4, 0.5) is 0 Å². The Morgan fingerprint density at radius 2 is 2.40 bits per heavy atom. The molecule has 0 radical (unpaired) electrons. The fourth-order valence-electron chi connectivity index (χ4n) is 1.76. The van der Waals surface area contributed by atoms with Gasteiger partial charge in [-0.25, -0.2) is 0 Å². The van der Waals surface area contributed by atoms with Gasteiger partial charge in [-0.1, -0.05) is 31.9 Å². The minimum Gasteiger partial charge on any atom is -0.0851 e. The van der Waals surface area contributed by atoms with Crippen LogP contribution in [0.15, 0.2) is 11.6 Å². The molecule has 0 saturated carbocycles. The lowest BCUT2D eigenvalue weighted by Crippen LogP contribution is -1.95. The molecule has 0 N–H and O–H groups in total. The summed E-state index contributed by atoms with van der Waals surface area (Å²) in [4.78, 5) is 0. The molecule has 1 aliphatic carbocycles. The molecule has 0 aliphatic heterocycles. The minimum absolute atomic E-state index is 0.868. The quantitative estimate of drug-likeness (QED) is 0.523. The molecule has 0 aromatic carbocycles. The molecule has 1 unspecified atom stereocenters. The summed E-state index contributed by atoms with van der Waals surface area (Å²) in [5.41, 5.74) is 1.72. The van der Waals surface area contributed by atoms with Crippen LogP contribution in [0.1, 0.15) is 46.0 Å². The summed E-state index contributed by atoms with van der Waals surface area (Å²) in [5.74, 6) is 0.868. The van der Waals surface area contributed by atoms with Crippen molar-refractivity contribution in [1.29, 1.82) is 0 Å². The highest BCUT2D eigenvalue weighted by atomic mass is 14.2. The summed E-state index contributed by atoms with van der Waals surface area (Å²) >= 11 is 0. The number of allylic oxidation sites excluding steroid dienone is 2. The van der Waals surface area contributed by atoms with E-state index in [0.29, 0.717) is 0 Å². The Morgan fingerprint density at radius 1 is 1.60 bits per heavy atom. The maximum Gasteiger partial charge on any atom is -0.0232 e. The van der Waals surface area contributed by atoms with E-state index in [-0.39, 0.29) is 0 Å². The van der Waals surface area contributed by atoms with Crippen LogP contribution >= 0.6 is 0 Å². The first-order chi connectivity index (χ1) is 4.84. The fourth-order valence-corrected chi connectivity index (χ4v) is 1.76. The average molecular weight is 138 g/mol. The van der Waals surface area contributed by atoms with Gasteiger partial charge in [0.15, 0.2) is 0 Å². The first kappa shape index (κ1) is 7.84. The third-order valence-electron chi connectivity index (χ3n) is 2.43. The molecule has 0 heterocycles. The van der Waals surface area contributed by atoms with Crippen LogP contribution in [0.2, 0.25) is 0 Å². The van der Waals surface area contributed by atoms with Crippen molar-refractivity contribution in [1.82, 2.24) is 0 Å². The molecule has 0 heteroatoms. The summed E-state index contributed by atoms with van der Waals surface area (Å²) in [5, 5.41) is 0. The van der Waals surface area contributed by atoms with Crippen LogP contribution in [-0.4, -0.2) is 0 Å². The van der Waals surface area contributed by atoms with Crippen molar-refractivity contribution in [3.63, 3.8) is 0 Å². The molecule has 1 atom stereocenters. The molecule has 0 saturated heterocycles. The zero-order valence-corrected chi connectivity index (χ0v) is 7.19. The van der Waals surface area contributed by atoms with E-state index in [4.69, 9.17) is 0 Å². The van der Waals surface area contributed by atoms with Gasteiger partial charge in [0.25, 0.3) is 0 Å². The third kappa shape index (κ3) is 1.86. The first-order valence-corrected chi connectivity index (χ1v) is 4.53. The minimum atomic E-state index is 0.868. The van der Waals surface area contributed by atoms with Crippen molar-refractivity contribution < 1.29 is 0 Å². The Hall–Kier alpha value is -0.260. The molecule has 0 nitrogen and oxygen atoms in total. The summed E-state index contributed by atoms with van der Waals surface area (Å²) in [6.07, 6.45) is 9.28. The van der Waals surface area contributed by atoms with E-state index in [9.17, 15) is 0 Å². The molecule has 0 aromatic heterocycles. The van der Waals surface area contributed by atoms with Crippen LogP contribution in [0, 0.1) is 5.92 Å². The Balaban J connectivity index is 2.32. The highest BCUT2D eigenvalue weighted by molar-refractivity contribution is 5.10. The topological polar surface area (TPSA) is 0 Å². The summed E-state index contributed by atoms with van der Waals surface area (Å²) in [6.45, 7) is 4.63.